The fourth-order valence-corrected chi connectivity index (χ4v) is 1.78. The highest BCUT2D eigenvalue weighted by molar-refractivity contribution is 6.32. The van der Waals surface area contributed by atoms with Gasteiger partial charge in [0.15, 0.2) is 17.8 Å². The number of nitrogens with two attached hydrogens (primary N) is 1. The highest BCUT2D eigenvalue weighted by Crippen LogP contribution is 2.42. The Morgan fingerprint density at radius 2 is 2.19 bits per heavy atom. The lowest BCUT2D eigenvalue weighted by atomic mass is 10.1. The van der Waals surface area contributed by atoms with Crippen molar-refractivity contribution in [1.29, 1.82) is 0 Å². The Hall–Kier alpha value is -1.52. The average Bonchev–Trinajstić information content (AvgIpc) is 2.76. The van der Waals surface area contributed by atoms with Gasteiger partial charge in [0.25, 0.3) is 0 Å². The van der Waals surface area contributed by atoms with Crippen LogP contribution in [0.15, 0.2) is 12.1 Å². The number of fused-ring (bicyclic) bond motifs is 1. The second-order valence-electron chi connectivity index (χ2n) is 3.18. The van der Waals surface area contributed by atoms with E-state index in [1.807, 2.05) is 0 Å². The number of hydrogen-bond donors (Lipinski definition) is 1. The Morgan fingerprint density at radius 1 is 1.44 bits per heavy atom. The van der Waals surface area contributed by atoms with E-state index in [9.17, 15) is 4.79 Å². The van der Waals surface area contributed by atoms with Gasteiger partial charge in [0, 0.05) is 12.1 Å². The maximum absolute atomic E-state index is 10.8. The van der Waals surface area contributed by atoms with Crippen molar-refractivity contribution in [2.24, 2.45) is 5.73 Å². The molecule has 0 aromatic heterocycles. The molecule has 1 aliphatic heterocycles. The molecule has 0 fully saturated rings. The lowest BCUT2D eigenvalue weighted by molar-refractivity contribution is 0.111. The predicted molar refractivity (Wildman–Crippen MR) is 61.1 cm³/mol. The molecule has 0 spiro atoms. The van der Waals surface area contributed by atoms with Crippen LogP contribution in [0.2, 0.25) is 5.02 Å². The maximum atomic E-state index is 10.8. The van der Waals surface area contributed by atoms with Crippen LogP contribution in [0.25, 0.3) is 6.08 Å². The van der Waals surface area contributed by atoms with Crippen LogP contribution in [0.5, 0.6) is 11.5 Å². The van der Waals surface area contributed by atoms with Gasteiger partial charge >= 0.3 is 0 Å². The predicted octanol–water partition coefficient (Wildman–Crippen LogP) is 1.85. The third kappa shape index (κ3) is 1.77. The summed E-state index contributed by atoms with van der Waals surface area (Å²) in [6, 6.07) is 1.55. The Morgan fingerprint density at radius 3 is 2.88 bits per heavy atom. The highest BCUT2D eigenvalue weighted by atomic mass is 35.5. The molecule has 1 aromatic rings. The van der Waals surface area contributed by atoms with Crippen LogP contribution in [0.4, 0.5) is 0 Å². The molecule has 2 N–H and O–H groups in total. The van der Waals surface area contributed by atoms with Crippen molar-refractivity contribution < 1.29 is 14.3 Å². The van der Waals surface area contributed by atoms with Crippen molar-refractivity contribution >= 4 is 24.0 Å². The zero-order valence-electron chi connectivity index (χ0n) is 8.40. The molecule has 16 heavy (non-hydrogen) atoms. The van der Waals surface area contributed by atoms with Gasteiger partial charge in [-0.2, -0.15) is 0 Å². The first kappa shape index (κ1) is 11.0. The molecule has 0 unspecified atom stereocenters. The largest absolute Gasteiger partial charge is 0.453 e. The molecule has 1 aromatic carbocycles. The van der Waals surface area contributed by atoms with Crippen molar-refractivity contribution in [2.45, 2.75) is 0 Å². The zero-order valence-corrected chi connectivity index (χ0v) is 9.16. The summed E-state index contributed by atoms with van der Waals surface area (Å²) in [5, 5.41) is 0.441. The van der Waals surface area contributed by atoms with Crippen LogP contribution in [0.3, 0.4) is 0 Å². The standard InChI is InChI=1S/C11H10ClNO3/c12-9-4-7(5-14)10-11(16-6-15-10)8(9)2-1-3-13/h1-2,4-5H,3,6,13H2/b2-1+. The normalized spacial score (nSPS) is 13.4. The minimum Gasteiger partial charge on any atom is -0.453 e. The average molecular weight is 240 g/mol. The fourth-order valence-electron chi connectivity index (χ4n) is 1.51. The smallest absolute Gasteiger partial charge is 0.231 e. The molecule has 2 rings (SSSR count). The molecule has 0 aliphatic carbocycles. The first-order chi connectivity index (χ1) is 7.77. The summed E-state index contributed by atoms with van der Waals surface area (Å²) >= 11 is 6.04. The molecule has 4 nitrogen and oxygen atoms in total. The van der Waals surface area contributed by atoms with Gasteiger partial charge in [-0.05, 0) is 6.07 Å². The number of benzene rings is 1. The van der Waals surface area contributed by atoms with E-state index >= 15 is 0 Å². The second kappa shape index (κ2) is 4.55. The lowest BCUT2D eigenvalue weighted by Gasteiger charge is -2.05. The van der Waals surface area contributed by atoms with Crippen molar-refractivity contribution in [3.63, 3.8) is 0 Å². The first-order valence-corrected chi connectivity index (χ1v) is 5.09. The Bertz CT molecular complexity index is 457. The molecule has 0 atom stereocenters. The van der Waals surface area contributed by atoms with E-state index in [2.05, 4.69) is 0 Å². The van der Waals surface area contributed by atoms with E-state index in [0.717, 1.165) is 0 Å². The van der Waals surface area contributed by atoms with E-state index < -0.39 is 0 Å². The molecule has 0 radical (unpaired) electrons. The van der Waals surface area contributed by atoms with Gasteiger partial charge in [0.1, 0.15) is 0 Å². The van der Waals surface area contributed by atoms with Gasteiger partial charge in [-0.25, -0.2) is 0 Å². The summed E-state index contributed by atoms with van der Waals surface area (Å²) in [6.45, 7) is 0.501. The molecule has 1 heterocycles. The Labute approximate surface area is 97.6 Å². The number of hydrogen-bond acceptors (Lipinski definition) is 4. The lowest BCUT2D eigenvalue weighted by Crippen LogP contribution is -1.94. The summed E-state index contributed by atoms with van der Waals surface area (Å²) in [4.78, 5) is 10.8. The minimum absolute atomic E-state index is 0.0972. The summed E-state index contributed by atoms with van der Waals surface area (Å²) in [5.74, 6) is 0.940. The van der Waals surface area contributed by atoms with Crippen LogP contribution < -0.4 is 15.2 Å². The first-order valence-electron chi connectivity index (χ1n) is 4.71. The van der Waals surface area contributed by atoms with Crippen molar-refractivity contribution in [3.05, 3.63) is 28.3 Å². The maximum Gasteiger partial charge on any atom is 0.231 e. The summed E-state index contributed by atoms with van der Waals surface area (Å²) in [6.07, 6.45) is 4.20. The third-order valence-corrected chi connectivity index (χ3v) is 2.52. The number of carbonyl (C=O) groups is 1. The molecular formula is C11H10ClNO3. The Balaban J connectivity index is 2.58. The van der Waals surface area contributed by atoms with E-state index in [-0.39, 0.29) is 6.79 Å². The summed E-state index contributed by atoms with van der Waals surface area (Å²) in [7, 11) is 0. The highest BCUT2D eigenvalue weighted by Gasteiger charge is 2.23. The van der Waals surface area contributed by atoms with Gasteiger partial charge in [0.2, 0.25) is 6.79 Å². The van der Waals surface area contributed by atoms with Crippen LogP contribution in [-0.4, -0.2) is 19.6 Å². The molecule has 84 valence electrons. The van der Waals surface area contributed by atoms with Crippen LogP contribution in [-0.2, 0) is 0 Å². The van der Waals surface area contributed by atoms with Crippen LogP contribution in [0.1, 0.15) is 15.9 Å². The van der Waals surface area contributed by atoms with Crippen molar-refractivity contribution in [1.82, 2.24) is 0 Å². The molecule has 0 amide bonds. The topological polar surface area (TPSA) is 61.6 Å². The van der Waals surface area contributed by atoms with Crippen LogP contribution in [0, 0.1) is 0 Å². The van der Waals surface area contributed by atoms with E-state index in [0.29, 0.717) is 40.5 Å². The van der Waals surface area contributed by atoms with E-state index in [1.54, 1.807) is 18.2 Å². The molecule has 0 saturated carbocycles. The fraction of sp³-hybridized carbons (Fsp3) is 0.182. The van der Waals surface area contributed by atoms with Crippen molar-refractivity contribution in [2.75, 3.05) is 13.3 Å². The van der Waals surface area contributed by atoms with Gasteiger partial charge in [-0.1, -0.05) is 23.8 Å². The minimum atomic E-state index is 0.0972. The van der Waals surface area contributed by atoms with Gasteiger partial charge in [-0.3, -0.25) is 4.79 Å². The van der Waals surface area contributed by atoms with Crippen molar-refractivity contribution in [3.8, 4) is 11.5 Å². The quantitative estimate of drug-likeness (QED) is 0.818. The number of rotatable bonds is 3. The third-order valence-electron chi connectivity index (χ3n) is 2.21. The van der Waals surface area contributed by atoms with E-state index in [1.165, 1.54) is 0 Å². The summed E-state index contributed by atoms with van der Waals surface area (Å²) < 4.78 is 10.5. The SMILES string of the molecule is NC/C=C/c1c(Cl)cc(C=O)c2c1OCO2. The van der Waals surface area contributed by atoms with Gasteiger partial charge in [0.05, 0.1) is 10.6 Å². The zero-order chi connectivity index (χ0) is 11.5. The Kier molecular flexibility index (Phi) is 3.12. The van der Waals surface area contributed by atoms with E-state index in [4.69, 9.17) is 26.8 Å². The molecular weight excluding hydrogens is 230 g/mol. The summed E-state index contributed by atoms with van der Waals surface area (Å²) in [5.41, 5.74) is 6.45. The molecule has 0 saturated heterocycles. The second-order valence-corrected chi connectivity index (χ2v) is 3.59. The monoisotopic (exact) mass is 239 g/mol. The molecule has 1 aliphatic rings. The van der Waals surface area contributed by atoms with Crippen LogP contribution >= 0.6 is 11.6 Å². The number of aldehydes is 1. The molecule has 5 heteroatoms. The molecule has 0 bridgehead atoms. The van der Waals surface area contributed by atoms with Gasteiger partial charge in [-0.15, -0.1) is 0 Å². The van der Waals surface area contributed by atoms with Gasteiger partial charge < -0.3 is 15.2 Å². The number of carbonyl (C=O) groups excluding carboxylic acids is 1. The number of ether oxygens (including phenoxy) is 2. The number of halogens is 1.